The zero-order valence-corrected chi connectivity index (χ0v) is 14.5. The molecular weight excluding hydrogens is 326 g/mol. The van der Waals surface area contributed by atoms with Crippen LogP contribution in [0.5, 0.6) is 0 Å². The van der Waals surface area contributed by atoms with Gasteiger partial charge in [0.2, 0.25) is 5.91 Å². The molecule has 0 bridgehead atoms. The second-order valence-electron chi connectivity index (χ2n) is 4.92. The van der Waals surface area contributed by atoms with Gasteiger partial charge in [-0.15, -0.1) is 16.8 Å². The highest BCUT2D eigenvalue weighted by Crippen LogP contribution is 2.23. The number of hydrogen-bond acceptors (Lipinski definition) is 6. The molecule has 7 nitrogen and oxygen atoms in total. The first-order valence-electron chi connectivity index (χ1n) is 7.59. The molecule has 2 aromatic rings. The van der Waals surface area contributed by atoms with Crippen LogP contribution in [0.2, 0.25) is 0 Å². The molecule has 128 valence electrons. The van der Waals surface area contributed by atoms with Crippen molar-refractivity contribution in [2.45, 2.75) is 18.1 Å². The van der Waals surface area contributed by atoms with Gasteiger partial charge >= 0.3 is 0 Å². The van der Waals surface area contributed by atoms with Gasteiger partial charge < -0.3 is 14.6 Å². The van der Waals surface area contributed by atoms with Crippen LogP contribution >= 0.6 is 11.8 Å². The smallest absolute Gasteiger partial charge is 0.230 e. The van der Waals surface area contributed by atoms with Crippen molar-refractivity contribution in [3.8, 4) is 11.4 Å². The number of hydrogen-bond donors (Lipinski definition) is 1. The number of nitrogens with one attached hydrogen (secondary N) is 1. The minimum atomic E-state index is -0.0585. The fourth-order valence-corrected chi connectivity index (χ4v) is 2.84. The van der Waals surface area contributed by atoms with E-state index in [0.29, 0.717) is 18.3 Å². The minimum Gasteiger partial charge on any atom is -0.385 e. The van der Waals surface area contributed by atoms with E-state index in [1.165, 1.54) is 11.8 Å². The summed E-state index contributed by atoms with van der Waals surface area (Å²) in [4.78, 5) is 15.8. The van der Waals surface area contributed by atoms with Gasteiger partial charge in [0.1, 0.15) is 0 Å². The SMILES string of the molecule is C=CCNC(=O)CSc1nnc(-c2ccncc2)n1CCCOC. The van der Waals surface area contributed by atoms with E-state index in [0.717, 1.165) is 24.4 Å². The van der Waals surface area contributed by atoms with Gasteiger partial charge in [-0.3, -0.25) is 9.78 Å². The molecule has 2 rings (SSSR count). The number of methoxy groups -OCH3 is 1. The number of ether oxygens (including phenoxy) is 1. The molecule has 0 aromatic carbocycles. The quantitative estimate of drug-likeness (QED) is 0.401. The van der Waals surface area contributed by atoms with Gasteiger partial charge in [-0.2, -0.15) is 0 Å². The highest BCUT2D eigenvalue weighted by atomic mass is 32.2. The van der Waals surface area contributed by atoms with Gasteiger partial charge in [-0.05, 0) is 18.6 Å². The number of carbonyl (C=O) groups excluding carboxylic acids is 1. The maximum Gasteiger partial charge on any atom is 0.230 e. The third kappa shape index (κ3) is 5.17. The summed E-state index contributed by atoms with van der Waals surface area (Å²) in [5, 5.41) is 12.0. The van der Waals surface area contributed by atoms with Gasteiger partial charge in [0.25, 0.3) is 0 Å². The van der Waals surface area contributed by atoms with Gasteiger partial charge in [0, 0.05) is 44.8 Å². The summed E-state index contributed by atoms with van der Waals surface area (Å²) in [7, 11) is 1.68. The zero-order chi connectivity index (χ0) is 17.2. The molecule has 0 aliphatic heterocycles. The molecule has 0 radical (unpaired) electrons. The molecule has 0 saturated heterocycles. The monoisotopic (exact) mass is 347 g/mol. The summed E-state index contributed by atoms with van der Waals surface area (Å²) in [5.74, 6) is 0.992. The number of pyridine rings is 1. The molecule has 2 heterocycles. The van der Waals surface area contributed by atoms with E-state index in [-0.39, 0.29) is 11.7 Å². The van der Waals surface area contributed by atoms with Crippen LogP contribution in [-0.4, -0.2) is 51.7 Å². The Kier molecular flexibility index (Phi) is 7.44. The topological polar surface area (TPSA) is 81.9 Å². The number of nitrogens with zero attached hydrogens (tertiary/aromatic N) is 4. The van der Waals surface area contributed by atoms with Crippen molar-refractivity contribution >= 4 is 17.7 Å². The van der Waals surface area contributed by atoms with Gasteiger partial charge in [0.15, 0.2) is 11.0 Å². The van der Waals surface area contributed by atoms with Gasteiger partial charge in [-0.1, -0.05) is 17.8 Å². The largest absolute Gasteiger partial charge is 0.385 e. The normalized spacial score (nSPS) is 10.5. The number of carbonyl (C=O) groups is 1. The van der Waals surface area contributed by atoms with Crippen LogP contribution in [0.25, 0.3) is 11.4 Å². The van der Waals surface area contributed by atoms with Crippen molar-refractivity contribution in [2.75, 3.05) is 26.0 Å². The molecule has 8 heteroatoms. The molecule has 1 amide bonds. The van der Waals surface area contributed by atoms with Crippen LogP contribution < -0.4 is 5.32 Å². The summed E-state index contributed by atoms with van der Waals surface area (Å²) < 4.78 is 7.14. The third-order valence-corrected chi connectivity index (χ3v) is 4.13. The Hall–Kier alpha value is -2.19. The van der Waals surface area contributed by atoms with Crippen LogP contribution in [0, 0.1) is 0 Å². The van der Waals surface area contributed by atoms with Crippen LogP contribution in [-0.2, 0) is 16.1 Å². The van der Waals surface area contributed by atoms with E-state index in [9.17, 15) is 4.79 Å². The van der Waals surface area contributed by atoms with Crippen molar-refractivity contribution in [2.24, 2.45) is 0 Å². The van der Waals surface area contributed by atoms with Crippen molar-refractivity contribution in [1.82, 2.24) is 25.1 Å². The van der Waals surface area contributed by atoms with Gasteiger partial charge in [-0.25, -0.2) is 0 Å². The Morgan fingerprint density at radius 3 is 2.92 bits per heavy atom. The predicted molar refractivity (Wildman–Crippen MR) is 93.7 cm³/mol. The fourth-order valence-electron chi connectivity index (χ4n) is 2.05. The summed E-state index contributed by atoms with van der Waals surface area (Å²) >= 11 is 1.37. The lowest BCUT2D eigenvalue weighted by atomic mass is 10.2. The Morgan fingerprint density at radius 2 is 2.21 bits per heavy atom. The molecule has 0 spiro atoms. The van der Waals surface area contributed by atoms with Crippen LogP contribution in [0.3, 0.4) is 0 Å². The Labute approximate surface area is 145 Å². The molecule has 0 unspecified atom stereocenters. The third-order valence-electron chi connectivity index (χ3n) is 3.16. The highest BCUT2D eigenvalue weighted by Gasteiger charge is 2.15. The van der Waals surface area contributed by atoms with Crippen LogP contribution in [0.15, 0.2) is 42.3 Å². The van der Waals surface area contributed by atoms with Crippen molar-refractivity contribution in [3.05, 3.63) is 37.2 Å². The Bertz CT molecular complexity index is 660. The van der Waals surface area contributed by atoms with E-state index < -0.39 is 0 Å². The molecule has 24 heavy (non-hydrogen) atoms. The van der Waals surface area contributed by atoms with E-state index in [1.807, 2.05) is 16.7 Å². The second-order valence-corrected chi connectivity index (χ2v) is 5.86. The van der Waals surface area contributed by atoms with E-state index >= 15 is 0 Å². The highest BCUT2D eigenvalue weighted by molar-refractivity contribution is 7.99. The van der Waals surface area contributed by atoms with Crippen molar-refractivity contribution in [3.63, 3.8) is 0 Å². The standard InChI is InChI=1S/C16H21N5O2S/c1-3-7-18-14(22)12-24-16-20-19-15(13-5-8-17-9-6-13)21(16)10-4-11-23-2/h3,5-6,8-9H,1,4,7,10-12H2,2H3,(H,18,22). The molecule has 0 saturated carbocycles. The minimum absolute atomic E-state index is 0.0585. The average molecular weight is 347 g/mol. The number of rotatable bonds is 10. The second kappa shape index (κ2) is 9.84. The molecule has 0 atom stereocenters. The van der Waals surface area contributed by atoms with E-state index in [4.69, 9.17) is 4.74 Å². The van der Waals surface area contributed by atoms with Gasteiger partial charge in [0.05, 0.1) is 5.75 Å². The molecule has 0 aliphatic rings. The Morgan fingerprint density at radius 1 is 1.42 bits per heavy atom. The summed E-state index contributed by atoms with van der Waals surface area (Å²) in [6.45, 7) is 5.41. The first-order chi connectivity index (χ1) is 11.8. The van der Waals surface area contributed by atoms with Crippen molar-refractivity contribution in [1.29, 1.82) is 0 Å². The predicted octanol–water partition coefficient (Wildman–Crippen LogP) is 1.77. The Balaban J connectivity index is 2.13. The summed E-state index contributed by atoms with van der Waals surface area (Å²) in [6.07, 6.45) is 5.93. The summed E-state index contributed by atoms with van der Waals surface area (Å²) in [5.41, 5.74) is 0.942. The average Bonchev–Trinajstić information content (AvgIpc) is 3.02. The lowest BCUT2D eigenvalue weighted by molar-refractivity contribution is -0.118. The molecular formula is C16H21N5O2S. The van der Waals surface area contributed by atoms with Crippen molar-refractivity contribution < 1.29 is 9.53 Å². The first kappa shape index (κ1) is 18.2. The zero-order valence-electron chi connectivity index (χ0n) is 13.6. The van der Waals surface area contributed by atoms with Crippen LogP contribution in [0.1, 0.15) is 6.42 Å². The summed E-state index contributed by atoms with van der Waals surface area (Å²) in [6, 6.07) is 3.78. The number of thioether (sulfide) groups is 1. The lowest BCUT2D eigenvalue weighted by Crippen LogP contribution is -2.25. The maximum atomic E-state index is 11.8. The molecule has 0 aliphatic carbocycles. The molecule has 1 N–H and O–H groups in total. The van der Waals surface area contributed by atoms with E-state index in [2.05, 4.69) is 27.1 Å². The first-order valence-corrected chi connectivity index (χ1v) is 8.57. The molecule has 0 fully saturated rings. The fraction of sp³-hybridized carbons (Fsp3) is 0.375. The maximum absolute atomic E-state index is 11.8. The number of amides is 1. The molecule has 2 aromatic heterocycles. The number of aromatic nitrogens is 4. The van der Waals surface area contributed by atoms with E-state index in [1.54, 1.807) is 25.6 Å². The van der Waals surface area contributed by atoms with Crippen LogP contribution in [0.4, 0.5) is 0 Å². The lowest BCUT2D eigenvalue weighted by Gasteiger charge is -2.10.